The van der Waals surface area contributed by atoms with Gasteiger partial charge < -0.3 is 14.2 Å². The summed E-state index contributed by atoms with van der Waals surface area (Å²) in [4.78, 5) is 12.7. The molecule has 198 valence electrons. The van der Waals surface area contributed by atoms with Crippen molar-refractivity contribution in [2.24, 2.45) is 0 Å². The lowest BCUT2D eigenvalue weighted by molar-refractivity contribution is -0.137. The molecule has 0 atom stereocenters. The number of benzene rings is 3. The van der Waals surface area contributed by atoms with Crippen molar-refractivity contribution in [1.29, 1.82) is 0 Å². The summed E-state index contributed by atoms with van der Waals surface area (Å²) in [6.07, 6.45) is -4.58. The van der Waals surface area contributed by atoms with E-state index in [1.54, 1.807) is 12.1 Å². The molecule has 3 aromatic carbocycles. The Morgan fingerprint density at radius 2 is 1.58 bits per heavy atom. The van der Waals surface area contributed by atoms with E-state index in [-0.39, 0.29) is 33.8 Å². The number of ketones is 1. The van der Waals surface area contributed by atoms with Gasteiger partial charge in [0.2, 0.25) is 5.75 Å². The maximum absolute atomic E-state index is 13.5. The molecule has 38 heavy (non-hydrogen) atoms. The van der Waals surface area contributed by atoms with Gasteiger partial charge in [0, 0.05) is 11.1 Å². The van der Waals surface area contributed by atoms with Crippen LogP contribution in [0.2, 0.25) is 0 Å². The first-order chi connectivity index (χ1) is 18.2. The minimum absolute atomic E-state index is 0.113. The van der Waals surface area contributed by atoms with E-state index >= 15 is 0 Å². The topological polar surface area (TPSA) is 75.5 Å². The molecule has 0 fully saturated rings. The fourth-order valence-corrected chi connectivity index (χ4v) is 4.51. The molecule has 0 unspecified atom stereocenters. The zero-order chi connectivity index (χ0) is 27.4. The van der Waals surface area contributed by atoms with Gasteiger partial charge in [0.15, 0.2) is 28.3 Å². The third-order valence-corrected chi connectivity index (χ3v) is 6.42. The van der Waals surface area contributed by atoms with Crippen molar-refractivity contribution in [3.63, 3.8) is 0 Å². The monoisotopic (exact) mass is 547 g/mol. The Kier molecular flexibility index (Phi) is 7.91. The fourth-order valence-electron chi connectivity index (χ4n) is 3.66. The summed E-state index contributed by atoms with van der Waals surface area (Å²) in [6.45, 7) is 0. The number of methoxy groups -OCH3 is 3. The van der Waals surface area contributed by atoms with Gasteiger partial charge >= 0.3 is 6.18 Å². The van der Waals surface area contributed by atoms with Gasteiger partial charge in [-0.05, 0) is 54.6 Å². The Morgan fingerprint density at radius 3 is 2.16 bits per heavy atom. The van der Waals surface area contributed by atoms with Gasteiger partial charge in [0.05, 0.1) is 38.3 Å². The van der Waals surface area contributed by atoms with Crippen LogP contribution in [0.1, 0.15) is 15.9 Å². The highest BCUT2D eigenvalue weighted by Crippen LogP contribution is 2.42. The van der Waals surface area contributed by atoms with Crippen molar-refractivity contribution in [2.75, 3.05) is 27.1 Å². The number of rotatable bonds is 9. The Hall–Kier alpha value is -4.06. The normalized spacial score (nSPS) is 11.3. The third-order valence-electron chi connectivity index (χ3n) is 5.49. The second kappa shape index (κ2) is 11.1. The van der Waals surface area contributed by atoms with Crippen LogP contribution in [-0.4, -0.2) is 47.6 Å². The molecule has 0 spiro atoms. The molecule has 1 aromatic heterocycles. The van der Waals surface area contributed by atoms with Gasteiger partial charge in [-0.15, -0.1) is 10.2 Å². The molecule has 0 aliphatic heterocycles. The standard InChI is InChI=1S/C26H21F4N3O4S/c1-35-21-11-16(12-22(36-2)23(21)37-3)24-31-32-25(38-14-20(34)15-7-9-18(27)10-8-15)33(24)19-6-4-5-17(13-19)26(28,29)30/h4-13H,14H2,1-3H3. The van der Waals surface area contributed by atoms with E-state index in [1.165, 1.54) is 62.3 Å². The Bertz CT molecular complexity index is 1430. The smallest absolute Gasteiger partial charge is 0.416 e. The zero-order valence-electron chi connectivity index (χ0n) is 20.4. The molecule has 0 radical (unpaired) electrons. The van der Waals surface area contributed by atoms with Crippen LogP contribution in [0, 0.1) is 5.82 Å². The maximum Gasteiger partial charge on any atom is 0.416 e. The fraction of sp³-hybridized carbons (Fsp3) is 0.192. The van der Waals surface area contributed by atoms with Crippen LogP contribution in [0.3, 0.4) is 0 Å². The van der Waals surface area contributed by atoms with E-state index in [4.69, 9.17) is 14.2 Å². The summed E-state index contributed by atoms with van der Waals surface area (Å²) in [5, 5.41) is 8.55. The average molecular weight is 548 g/mol. The van der Waals surface area contributed by atoms with Gasteiger partial charge in [-0.2, -0.15) is 13.2 Å². The number of nitrogens with zero attached hydrogens (tertiary/aromatic N) is 3. The molecule has 12 heteroatoms. The number of Topliss-reactive ketones (excluding diaryl/α,β-unsaturated/α-hetero) is 1. The number of carbonyl (C=O) groups excluding carboxylic acids is 1. The number of aromatic nitrogens is 3. The molecule has 0 N–H and O–H groups in total. The number of halogens is 4. The summed E-state index contributed by atoms with van der Waals surface area (Å²) in [5.41, 5.74) is -0.0294. The van der Waals surface area contributed by atoms with Crippen LogP contribution in [0.25, 0.3) is 17.1 Å². The van der Waals surface area contributed by atoms with Crippen LogP contribution < -0.4 is 14.2 Å². The van der Waals surface area contributed by atoms with Crippen molar-refractivity contribution >= 4 is 17.5 Å². The van der Waals surface area contributed by atoms with Crippen LogP contribution in [0.4, 0.5) is 17.6 Å². The highest BCUT2D eigenvalue weighted by atomic mass is 32.2. The Morgan fingerprint density at radius 1 is 0.921 bits per heavy atom. The van der Waals surface area contributed by atoms with E-state index in [9.17, 15) is 22.4 Å². The minimum Gasteiger partial charge on any atom is -0.493 e. The van der Waals surface area contributed by atoms with E-state index in [1.807, 2.05) is 0 Å². The highest BCUT2D eigenvalue weighted by molar-refractivity contribution is 7.99. The number of hydrogen-bond acceptors (Lipinski definition) is 7. The lowest BCUT2D eigenvalue weighted by Gasteiger charge is -2.16. The SMILES string of the molecule is COc1cc(-c2nnc(SCC(=O)c3ccc(F)cc3)n2-c2cccc(C(F)(F)F)c2)cc(OC)c1OC. The van der Waals surface area contributed by atoms with Gasteiger partial charge in [-0.3, -0.25) is 9.36 Å². The van der Waals surface area contributed by atoms with E-state index < -0.39 is 17.6 Å². The predicted octanol–water partition coefficient (Wildman–Crippen LogP) is 6.09. The second-order valence-corrected chi connectivity index (χ2v) is 8.76. The molecular formula is C26H21F4N3O4S. The summed E-state index contributed by atoms with van der Waals surface area (Å²) < 4.78 is 71.4. The molecule has 0 bridgehead atoms. The molecular weight excluding hydrogens is 526 g/mol. The zero-order valence-corrected chi connectivity index (χ0v) is 21.2. The van der Waals surface area contributed by atoms with Gasteiger partial charge in [0.1, 0.15) is 5.82 Å². The number of carbonyl (C=O) groups is 1. The number of alkyl halides is 3. The first-order valence-electron chi connectivity index (χ1n) is 11.0. The van der Waals surface area contributed by atoms with Gasteiger partial charge in [-0.1, -0.05) is 17.8 Å². The van der Waals surface area contributed by atoms with Crippen molar-refractivity contribution in [3.8, 4) is 34.3 Å². The quantitative estimate of drug-likeness (QED) is 0.143. The van der Waals surface area contributed by atoms with Crippen LogP contribution in [0.5, 0.6) is 17.2 Å². The molecule has 0 amide bonds. The van der Waals surface area contributed by atoms with Crippen molar-refractivity contribution in [2.45, 2.75) is 11.3 Å². The molecule has 0 saturated carbocycles. The molecule has 0 aliphatic carbocycles. The van der Waals surface area contributed by atoms with Gasteiger partial charge in [-0.25, -0.2) is 4.39 Å². The van der Waals surface area contributed by atoms with Crippen LogP contribution in [-0.2, 0) is 6.18 Å². The summed E-state index contributed by atoms with van der Waals surface area (Å²) in [6, 6.07) is 12.9. The molecule has 1 heterocycles. The largest absolute Gasteiger partial charge is 0.493 e. The Labute approximate surface area is 219 Å². The molecule has 4 aromatic rings. The van der Waals surface area contributed by atoms with E-state index in [0.717, 1.165) is 23.9 Å². The number of hydrogen-bond donors (Lipinski definition) is 0. The lowest BCUT2D eigenvalue weighted by Crippen LogP contribution is -2.08. The molecule has 0 aliphatic rings. The molecule has 4 rings (SSSR count). The molecule has 0 saturated heterocycles. The summed E-state index contributed by atoms with van der Waals surface area (Å²) >= 11 is 0.983. The van der Waals surface area contributed by atoms with Crippen molar-refractivity contribution in [3.05, 3.63) is 77.6 Å². The second-order valence-electron chi connectivity index (χ2n) is 7.82. The number of ether oxygens (including phenoxy) is 3. The highest BCUT2D eigenvalue weighted by Gasteiger charge is 2.31. The van der Waals surface area contributed by atoms with Crippen LogP contribution in [0.15, 0.2) is 65.8 Å². The predicted molar refractivity (Wildman–Crippen MR) is 133 cm³/mol. The lowest BCUT2D eigenvalue weighted by atomic mass is 10.1. The summed E-state index contributed by atoms with van der Waals surface area (Å²) in [5.74, 6) is 0.209. The number of thioether (sulfide) groups is 1. The maximum atomic E-state index is 13.5. The van der Waals surface area contributed by atoms with Crippen molar-refractivity contribution < 1.29 is 36.6 Å². The first kappa shape index (κ1) is 27.0. The minimum atomic E-state index is -4.58. The Balaban J connectivity index is 1.81. The first-order valence-corrected chi connectivity index (χ1v) is 12.0. The average Bonchev–Trinajstić information content (AvgIpc) is 3.34. The van der Waals surface area contributed by atoms with E-state index in [2.05, 4.69) is 10.2 Å². The van der Waals surface area contributed by atoms with Gasteiger partial charge in [0.25, 0.3) is 0 Å². The van der Waals surface area contributed by atoms with Crippen LogP contribution >= 0.6 is 11.8 Å². The summed E-state index contributed by atoms with van der Waals surface area (Å²) in [7, 11) is 4.31. The molecule has 7 nitrogen and oxygen atoms in total. The third kappa shape index (κ3) is 5.59. The van der Waals surface area contributed by atoms with E-state index in [0.29, 0.717) is 22.8 Å². The van der Waals surface area contributed by atoms with Crippen molar-refractivity contribution in [1.82, 2.24) is 14.8 Å².